The van der Waals surface area contributed by atoms with Crippen LogP contribution in [0, 0.1) is 0 Å². The van der Waals surface area contributed by atoms with Crippen LogP contribution in [0.1, 0.15) is 10.4 Å². The van der Waals surface area contributed by atoms with Crippen LogP contribution >= 0.6 is 27.9 Å². The zero-order chi connectivity index (χ0) is 8.27. The summed E-state index contributed by atoms with van der Waals surface area (Å²) in [6, 6.07) is 8.78. The van der Waals surface area contributed by atoms with Crippen LogP contribution in [0.15, 0.2) is 30.3 Å². The first-order valence-corrected chi connectivity index (χ1v) is 3.97. The van der Waals surface area contributed by atoms with E-state index in [1.807, 2.05) is 6.07 Å². The van der Waals surface area contributed by atoms with Crippen molar-refractivity contribution in [3.63, 3.8) is 0 Å². The van der Waals surface area contributed by atoms with Gasteiger partial charge in [-0.3, -0.25) is 4.79 Å². The smallest absolute Gasteiger partial charge is 0.267 e. The summed E-state index contributed by atoms with van der Waals surface area (Å²) in [6.45, 7) is 0. The van der Waals surface area contributed by atoms with Crippen LogP contribution in [0.2, 0.25) is 0 Å². The fraction of sp³-hybridized carbons (Fsp3) is 0. The van der Waals surface area contributed by atoms with Gasteiger partial charge in [0.25, 0.3) is 5.91 Å². The first-order valence-electron chi connectivity index (χ1n) is 2.93. The summed E-state index contributed by atoms with van der Waals surface area (Å²) in [5.41, 5.74) is 0.555. The van der Waals surface area contributed by atoms with E-state index in [4.69, 9.17) is 11.8 Å². The molecule has 0 bridgehead atoms. The van der Waals surface area contributed by atoms with Gasteiger partial charge in [0.15, 0.2) is 0 Å². The standard InChI is InChI=1S/C7H5BrClNO/c8-10(9)7(11)6-4-2-1-3-5-6/h1-5H. The van der Waals surface area contributed by atoms with Gasteiger partial charge in [0.05, 0.1) is 16.1 Å². The van der Waals surface area contributed by atoms with Gasteiger partial charge in [0, 0.05) is 17.3 Å². The van der Waals surface area contributed by atoms with Gasteiger partial charge < -0.3 is 0 Å². The normalized spacial score (nSPS) is 9.27. The molecule has 0 saturated carbocycles. The Kier molecular flexibility index (Phi) is 2.91. The van der Waals surface area contributed by atoms with E-state index in [9.17, 15) is 4.79 Å². The summed E-state index contributed by atoms with van der Waals surface area (Å²) >= 11 is 8.19. The zero-order valence-electron chi connectivity index (χ0n) is 5.50. The van der Waals surface area contributed by atoms with Gasteiger partial charge in [0.1, 0.15) is 0 Å². The number of benzene rings is 1. The molecule has 0 radical (unpaired) electrons. The van der Waals surface area contributed by atoms with Gasteiger partial charge >= 0.3 is 0 Å². The Morgan fingerprint density at radius 3 is 2.36 bits per heavy atom. The summed E-state index contributed by atoms with van der Waals surface area (Å²) in [7, 11) is 0. The Morgan fingerprint density at radius 2 is 1.91 bits per heavy atom. The maximum atomic E-state index is 11.1. The number of hydrogen-bond donors (Lipinski definition) is 0. The van der Waals surface area contributed by atoms with E-state index in [2.05, 4.69) is 16.1 Å². The van der Waals surface area contributed by atoms with E-state index >= 15 is 0 Å². The molecule has 1 aromatic carbocycles. The topological polar surface area (TPSA) is 20.3 Å². The van der Waals surface area contributed by atoms with Crippen molar-refractivity contribution in [2.45, 2.75) is 0 Å². The van der Waals surface area contributed by atoms with Crippen LogP contribution in [0.5, 0.6) is 0 Å². The molecule has 0 heterocycles. The highest BCUT2D eigenvalue weighted by molar-refractivity contribution is 9.08. The van der Waals surface area contributed by atoms with Crippen molar-refractivity contribution in [3.05, 3.63) is 35.9 Å². The van der Waals surface area contributed by atoms with Crippen LogP contribution < -0.4 is 0 Å². The van der Waals surface area contributed by atoms with Gasteiger partial charge in [-0.25, -0.2) is 0 Å². The number of rotatable bonds is 1. The molecule has 0 aromatic heterocycles. The second kappa shape index (κ2) is 3.74. The Balaban J connectivity index is 2.86. The molecule has 1 aromatic rings. The summed E-state index contributed by atoms with van der Waals surface area (Å²) in [5.74, 6) is -0.271. The van der Waals surface area contributed by atoms with E-state index in [1.54, 1.807) is 24.3 Å². The van der Waals surface area contributed by atoms with E-state index in [0.717, 1.165) is 3.45 Å². The lowest BCUT2D eigenvalue weighted by Crippen LogP contribution is -2.09. The molecule has 0 N–H and O–H groups in total. The minimum absolute atomic E-state index is 0.271. The van der Waals surface area contributed by atoms with Crippen molar-refractivity contribution < 1.29 is 4.79 Å². The van der Waals surface area contributed by atoms with Crippen LogP contribution in [0.4, 0.5) is 0 Å². The van der Waals surface area contributed by atoms with Gasteiger partial charge in [-0.1, -0.05) is 18.2 Å². The van der Waals surface area contributed by atoms with E-state index < -0.39 is 0 Å². The molecule has 0 spiro atoms. The molecular formula is C7H5BrClNO. The molecule has 0 saturated heterocycles. The predicted octanol–water partition coefficient (Wildman–Crippen LogP) is 2.59. The lowest BCUT2D eigenvalue weighted by molar-refractivity contribution is 0.0933. The van der Waals surface area contributed by atoms with E-state index in [1.165, 1.54) is 0 Å². The summed E-state index contributed by atoms with van der Waals surface area (Å²) in [5, 5.41) is 0. The fourth-order valence-corrected chi connectivity index (χ4v) is 0.981. The minimum atomic E-state index is -0.271. The number of carbonyl (C=O) groups is 1. The third-order valence-corrected chi connectivity index (χ3v) is 1.65. The summed E-state index contributed by atoms with van der Waals surface area (Å²) in [6.07, 6.45) is 0. The SMILES string of the molecule is O=C(c1ccccc1)N(Cl)Br. The minimum Gasteiger partial charge on any atom is -0.267 e. The third-order valence-electron chi connectivity index (χ3n) is 1.17. The quantitative estimate of drug-likeness (QED) is 0.684. The highest BCUT2D eigenvalue weighted by Crippen LogP contribution is 2.10. The first-order chi connectivity index (χ1) is 5.22. The van der Waals surface area contributed by atoms with E-state index in [-0.39, 0.29) is 5.91 Å². The monoisotopic (exact) mass is 233 g/mol. The molecule has 0 atom stereocenters. The predicted molar refractivity (Wildman–Crippen MR) is 47.4 cm³/mol. The third kappa shape index (κ3) is 2.20. The van der Waals surface area contributed by atoms with Crippen LogP contribution in [0.3, 0.4) is 0 Å². The van der Waals surface area contributed by atoms with Crippen LogP contribution in [0.25, 0.3) is 0 Å². The number of halogens is 2. The molecule has 1 amide bonds. The summed E-state index contributed by atoms with van der Waals surface area (Å²) in [4.78, 5) is 11.1. The highest BCUT2D eigenvalue weighted by atomic mass is 79.9. The van der Waals surface area contributed by atoms with E-state index in [0.29, 0.717) is 5.56 Å². The Bertz CT molecular complexity index is 250. The molecule has 0 aliphatic heterocycles. The molecule has 0 aliphatic rings. The number of carbonyl (C=O) groups excluding carboxylic acids is 1. The Labute approximate surface area is 78.2 Å². The maximum Gasteiger partial charge on any atom is 0.278 e. The number of hydrogen-bond acceptors (Lipinski definition) is 1. The van der Waals surface area contributed by atoms with Gasteiger partial charge in [-0.15, -0.1) is 0 Å². The molecular weight excluding hydrogens is 229 g/mol. The van der Waals surface area contributed by atoms with Crippen molar-refractivity contribution >= 4 is 33.8 Å². The van der Waals surface area contributed by atoms with Crippen LogP contribution in [-0.4, -0.2) is 9.35 Å². The molecule has 0 aliphatic carbocycles. The molecule has 4 heteroatoms. The summed E-state index contributed by atoms with van der Waals surface area (Å²) < 4.78 is 0.850. The fourth-order valence-electron chi connectivity index (χ4n) is 0.678. The second-order valence-electron chi connectivity index (χ2n) is 1.90. The highest BCUT2D eigenvalue weighted by Gasteiger charge is 2.08. The first kappa shape index (κ1) is 8.56. The van der Waals surface area contributed by atoms with Crippen molar-refractivity contribution in [2.24, 2.45) is 0 Å². The molecule has 11 heavy (non-hydrogen) atoms. The molecule has 0 unspecified atom stereocenters. The Hall–Kier alpha value is -0.540. The zero-order valence-corrected chi connectivity index (χ0v) is 7.84. The molecule has 58 valence electrons. The second-order valence-corrected chi connectivity index (χ2v) is 3.36. The van der Waals surface area contributed by atoms with Gasteiger partial charge in [-0.2, -0.15) is 3.45 Å². The maximum absolute atomic E-state index is 11.1. The van der Waals surface area contributed by atoms with Crippen molar-refractivity contribution in [3.8, 4) is 0 Å². The molecule has 1 rings (SSSR count). The average Bonchev–Trinajstić information content (AvgIpc) is 2.05. The van der Waals surface area contributed by atoms with Crippen molar-refractivity contribution in [1.29, 1.82) is 0 Å². The number of nitrogens with zero attached hydrogens (tertiary/aromatic N) is 1. The van der Waals surface area contributed by atoms with Crippen LogP contribution in [-0.2, 0) is 0 Å². The lowest BCUT2D eigenvalue weighted by atomic mass is 10.2. The molecule has 2 nitrogen and oxygen atoms in total. The lowest BCUT2D eigenvalue weighted by Gasteiger charge is -2.02. The molecule has 0 fully saturated rings. The largest absolute Gasteiger partial charge is 0.278 e. The Morgan fingerprint density at radius 1 is 1.36 bits per heavy atom. The number of amides is 1. The van der Waals surface area contributed by atoms with Gasteiger partial charge in [0.2, 0.25) is 0 Å². The van der Waals surface area contributed by atoms with Crippen molar-refractivity contribution in [2.75, 3.05) is 0 Å². The van der Waals surface area contributed by atoms with Crippen molar-refractivity contribution in [1.82, 2.24) is 3.45 Å². The van der Waals surface area contributed by atoms with Gasteiger partial charge in [-0.05, 0) is 12.1 Å². The average molecular weight is 234 g/mol.